The van der Waals surface area contributed by atoms with Gasteiger partial charge in [-0.15, -0.1) is 0 Å². The molecule has 0 amide bonds. The number of hydrogen-bond acceptors (Lipinski definition) is 2. The molecule has 0 radical (unpaired) electrons. The van der Waals surface area contributed by atoms with Crippen LogP contribution in [-0.4, -0.2) is 11.3 Å². The standard InChI is InChI=1S/C5H8ClNO/c6-5(8)3-1-4(7)2-3/h3-4H,1-2,7H2/t3-,4+. The van der Waals surface area contributed by atoms with Gasteiger partial charge in [-0.25, -0.2) is 0 Å². The third kappa shape index (κ3) is 1.01. The minimum atomic E-state index is -0.230. The molecular formula is C5H8ClNO. The first kappa shape index (κ1) is 6.05. The topological polar surface area (TPSA) is 43.1 Å². The van der Waals surface area contributed by atoms with Gasteiger partial charge in [-0.3, -0.25) is 4.79 Å². The van der Waals surface area contributed by atoms with E-state index in [-0.39, 0.29) is 17.2 Å². The van der Waals surface area contributed by atoms with E-state index in [0.29, 0.717) is 0 Å². The number of carbonyl (C=O) groups is 1. The van der Waals surface area contributed by atoms with Crippen molar-refractivity contribution in [2.45, 2.75) is 18.9 Å². The van der Waals surface area contributed by atoms with Crippen molar-refractivity contribution in [2.24, 2.45) is 11.7 Å². The Morgan fingerprint density at radius 1 is 1.62 bits per heavy atom. The molecule has 1 fully saturated rings. The zero-order valence-corrected chi connectivity index (χ0v) is 5.19. The third-order valence-corrected chi connectivity index (χ3v) is 1.80. The Hall–Kier alpha value is -0.0800. The van der Waals surface area contributed by atoms with E-state index in [4.69, 9.17) is 17.3 Å². The summed E-state index contributed by atoms with van der Waals surface area (Å²) in [5.41, 5.74) is 5.40. The van der Waals surface area contributed by atoms with Crippen LogP contribution in [0, 0.1) is 5.92 Å². The molecule has 0 spiro atoms. The largest absolute Gasteiger partial charge is 0.328 e. The molecule has 2 N–H and O–H groups in total. The third-order valence-electron chi connectivity index (χ3n) is 1.50. The minimum absolute atomic E-state index is 0.0617. The fourth-order valence-electron chi connectivity index (χ4n) is 0.847. The highest BCUT2D eigenvalue weighted by molar-refractivity contribution is 6.64. The number of carbonyl (C=O) groups excluding carboxylic acids is 1. The van der Waals surface area contributed by atoms with Crippen LogP contribution in [0.2, 0.25) is 0 Å². The highest BCUT2D eigenvalue weighted by Gasteiger charge is 2.30. The first-order valence-corrected chi connectivity index (χ1v) is 3.03. The zero-order valence-electron chi connectivity index (χ0n) is 4.43. The highest BCUT2D eigenvalue weighted by Crippen LogP contribution is 2.27. The van der Waals surface area contributed by atoms with Gasteiger partial charge >= 0.3 is 0 Å². The van der Waals surface area contributed by atoms with Gasteiger partial charge in [0, 0.05) is 12.0 Å². The predicted molar refractivity (Wildman–Crippen MR) is 31.6 cm³/mol. The summed E-state index contributed by atoms with van der Waals surface area (Å²) in [5, 5.41) is -0.230. The van der Waals surface area contributed by atoms with E-state index in [1.165, 1.54) is 0 Å². The molecular weight excluding hydrogens is 126 g/mol. The van der Waals surface area contributed by atoms with Gasteiger partial charge in [0.2, 0.25) is 5.24 Å². The first-order valence-electron chi connectivity index (χ1n) is 2.65. The molecule has 1 rings (SSSR count). The maximum absolute atomic E-state index is 10.3. The van der Waals surface area contributed by atoms with E-state index in [9.17, 15) is 4.79 Å². The van der Waals surface area contributed by atoms with Crippen LogP contribution < -0.4 is 5.73 Å². The number of halogens is 1. The lowest BCUT2D eigenvalue weighted by molar-refractivity contribution is -0.117. The molecule has 8 heavy (non-hydrogen) atoms. The fraction of sp³-hybridized carbons (Fsp3) is 0.800. The predicted octanol–water partition coefficient (Wildman–Crippen LogP) is 0.489. The van der Waals surface area contributed by atoms with E-state index in [2.05, 4.69) is 0 Å². The molecule has 1 saturated carbocycles. The molecule has 0 aromatic heterocycles. The van der Waals surface area contributed by atoms with Crippen molar-refractivity contribution >= 4 is 16.8 Å². The van der Waals surface area contributed by atoms with Gasteiger partial charge in [-0.1, -0.05) is 0 Å². The molecule has 0 aromatic carbocycles. The molecule has 0 saturated heterocycles. The summed E-state index contributed by atoms with van der Waals surface area (Å²) in [4.78, 5) is 10.3. The van der Waals surface area contributed by atoms with E-state index < -0.39 is 0 Å². The first-order chi connectivity index (χ1) is 3.70. The number of hydrogen-bond donors (Lipinski definition) is 1. The summed E-state index contributed by atoms with van der Waals surface area (Å²) in [6.07, 6.45) is 1.56. The summed E-state index contributed by atoms with van der Waals surface area (Å²) in [5.74, 6) is 0.0617. The molecule has 0 aliphatic heterocycles. The molecule has 2 nitrogen and oxygen atoms in total. The van der Waals surface area contributed by atoms with Crippen molar-refractivity contribution < 1.29 is 4.79 Å². The molecule has 46 valence electrons. The Balaban J connectivity index is 2.25. The lowest BCUT2D eigenvalue weighted by Gasteiger charge is -2.28. The summed E-state index contributed by atoms with van der Waals surface area (Å²) in [7, 11) is 0. The Kier molecular flexibility index (Phi) is 1.54. The van der Waals surface area contributed by atoms with Gasteiger partial charge in [-0.2, -0.15) is 0 Å². The van der Waals surface area contributed by atoms with Crippen LogP contribution in [0.5, 0.6) is 0 Å². The summed E-state index contributed by atoms with van der Waals surface area (Å²) in [6, 6.07) is 0.225. The van der Waals surface area contributed by atoms with Crippen molar-refractivity contribution in [3.63, 3.8) is 0 Å². The smallest absolute Gasteiger partial charge is 0.224 e. The molecule has 1 aliphatic rings. The summed E-state index contributed by atoms with van der Waals surface area (Å²) in [6.45, 7) is 0. The highest BCUT2D eigenvalue weighted by atomic mass is 35.5. The van der Waals surface area contributed by atoms with Crippen molar-refractivity contribution in [3.05, 3.63) is 0 Å². The van der Waals surface area contributed by atoms with Crippen molar-refractivity contribution in [1.29, 1.82) is 0 Å². The molecule has 0 heterocycles. The van der Waals surface area contributed by atoms with E-state index in [0.717, 1.165) is 12.8 Å². The van der Waals surface area contributed by atoms with Gasteiger partial charge in [0.1, 0.15) is 0 Å². The average molecular weight is 134 g/mol. The zero-order chi connectivity index (χ0) is 6.15. The van der Waals surface area contributed by atoms with E-state index >= 15 is 0 Å². The lowest BCUT2D eigenvalue weighted by atomic mass is 9.82. The van der Waals surface area contributed by atoms with Gasteiger partial charge in [-0.05, 0) is 24.4 Å². The van der Waals surface area contributed by atoms with Gasteiger partial charge < -0.3 is 5.73 Å². The Labute approximate surface area is 53.0 Å². The average Bonchev–Trinajstić information content (AvgIpc) is 1.57. The Bertz CT molecular complexity index is 109. The second kappa shape index (κ2) is 2.03. The van der Waals surface area contributed by atoms with E-state index in [1.807, 2.05) is 0 Å². The van der Waals surface area contributed by atoms with Crippen molar-refractivity contribution in [1.82, 2.24) is 0 Å². The number of rotatable bonds is 1. The van der Waals surface area contributed by atoms with Crippen molar-refractivity contribution in [2.75, 3.05) is 0 Å². The molecule has 0 bridgehead atoms. The fourth-order valence-corrected chi connectivity index (χ4v) is 1.03. The summed E-state index contributed by atoms with van der Waals surface area (Å²) < 4.78 is 0. The minimum Gasteiger partial charge on any atom is -0.328 e. The van der Waals surface area contributed by atoms with Crippen LogP contribution in [0.25, 0.3) is 0 Å². The van der Waals surface area contributed by atoms with Crippen LogP contribution in [0.3, 0.4) is 0 Å². The van der Waals surface area contributed by atoms with E-state index in [1.54, 1.807) is 0 Å². The van der Waals surface area contributed by atoms with Crippen LogP contribution >= 0.6 is 11.6 Å². The molecule has 0 aromatic rings. The second-order valence-corrected chi connectivity index (χ2v) is 2.61. The van der Waals surface area contributed by atoms with Crippen LogP contribution in [0.4, 0.5) is 0 Å². The van der Waals surface area contributed by atoms with Crippen molar-refractivity contribution in [3.8, 4) is 0 Å². The maximum Gasteiger partial charge on any atom is 0.224 e. The molecule has 0 unspecified atom stereocenters. The molecule has 0 atom stereocenters. The molecule has 3 heteroatoms. The maximum atomic E-state index is 10.3. The normalized spacial score (nSPS) is 36.2. The van der Waals surface area contributed by atoms with Gasteiger partial charge in [0.25, 0.3) is 0 Å². The van der Waals surface area contributed by atoms with Gasteiger partial charge in [0.15, 0.2) is 0 Å². The Morgan fingerprint density at radius 3 is 2.25 bits per heavy atom. The van der Waals surface area contributed by atoms with Crippen LogP contribution in [0.1, 0.15) is 12.8 Å². The summed E-state index contributed by atoms with van der Waals surface area (Å²) >= 11 is 5.15. The quantitative estimate of drug-likeness (QED) is 0.529. The second-order valence-electron chi connectivity index (χ2n) is 2.23. The van der Waals surface area contributed by atoms with Gasteiger partial charge in [0.05, 0.1) is 0 Å². The number of nitrogens with two attached hydrogens (primary N) is 1. The van der Waals surface area contributed by atoms with Crippen LogP contribution in [-0.2, 0) is 4.79 Å². The molecule has 1 aliphatic carbocycles. The monoisotopic (exact) mass is 133 g/mol. The SMILES string of the molecule is N[C@H]1C[C@@H](C(=O)Cl)C1. The Morgan fingerprint density at radius 2 is 2.12 bits per heavy atom. The lowest BCUT2D eigenvalue weighted by Crippen LogP contribution is -2.38. The van der Waals surface area contributed by atoms with Crippen LogP contribution in [0.15, 0.2) is 0 Å².